The van der Waals surface area contributed by atoms with Crippen molar-refractivity contribution in [3.8, 4) is 22.5 Å². The second-order valence-corrected chi connectivity index (χ2v) is 25.0. The van der Waals surface area contributed by atoms with E-state index < -0.39 is 5.41 Å². The Balaban J connectivity index is 0.879. The Morgan fingerprint density at radius 2 is 0.653 bits per heavy atom. The van der Waals surface area contributed by atoms with E-state index in [-0.39, 0.29) is 0 Å². The van der Waals surface area contributed by atoms with E-state index in [2.05, 4.69) is 359 Å². The zero-order valence-electron chi connectivity index (χ0n) is 51.4. The lowest BCUT2D eigenvalue weighted by molar-refractivity contribution is 0.668. The molecule has 4 aromatic heterocycles. The van der Waals surface area contributed by atoms with Gasteiger partial charge in [0.25, 0.3) is 0 Å². The Kier molecular flexibility index (Phi) is 11.6. The largest absolute Gasteiger partial charge is 0.454 e. The molecule has 19 aromatic rings. The molecule has 0 aliphatic heterocycles. The molecule has 1 aliphatic carbocycles. The predicted octanol–water partition coefficient (Wildman–Crippen LogP) is 24.1. The van der Waals surface area contributed by atoms with E-state index in [9.17, 15) is 0 Å². The molecule has 0 spiro atoms. The zero-order chi connectivity index (χ0) is 62.3. The van der Waals surface area contributed by atoms with Gasteiger partial charge in [-0.1, -0.05) is 224 Å². The number of hydrogen-bond donors (Lipinski definition) is 0. The van der Waals surface area contributed by atoms with Crippen LogP contribution in [0.5, 0.6) is 0 Å². The summed E-state index contributed by atoms with van der Waals surface area (Å²) in [6.45, 7) is 0. The van der Waals surface area contributed by atoms with Crippen molar-refractivity contribution in [3.05, 3.63) is 362 Å². The van der Waals surface area contributed by atoms with Crippen molar-refractivity contribution in [2.45, 2.75) is 5.41 Å². The second kappa shape index (κ2) is 20.7. The highest BCUT2D eigenvalue weighted by atomic mass is 16.3. The number of anilines is 6. The highest BCUT2D eigenvalue weighted by Gasteiger charge is 2.48. The molecule has 0 fully saturated rings. The Morgan fingerprint density at radius 3 is 1.19 bits per heavy atom. The van der Waals surface area contributed by atoms with Gasteiger partial charge in [-0.2, -0.15) is 0 Å². The van der Waals surface area contributed by atoms with Crippen LogP contribution in [0.1, 0.15) is 22.3 Å². The van der Waals surface area contributed by atoms with Gasteiger partial charge >= 0.3 is 0 Å². The number of nitrogens with zero attached hydrogens (tertiary/aromatic N) is 4. The molecule has 0 amide bonds. The van der Waals surface area contributed by atoms with Gasteiger partial charge in [-0.05, 0) is 154 Å². The summed E-state index contributed by atoms with van der Waals surface area (Å²) < 4.78 is 19.0. The third-order valence-corrected chi connectivity index (χ3v) is 20.1. The Hall–Kier alpha value is -12.6. The normalized spacial score (nSPS) is 12.7. The van der Waals surface area contributed by atoms with E-state index in [1.54, 1.807) is 0 Å². The second-order valence-electron chi connectivity index (χ2n) is 25.0. The van der Waals surface area contributed by atoms with Crippen LogP contribution >= 0.6 is 0 Å². The molecule has 0 saturated heterocycles. The highest BCUT2D eigenvalue weighted by molar-refractivity contribution is 6.18. The third-order valence-electron chi connectivity index (χ3n) is 20.1. The molecule has 4 heterocycles. The number of para-hydroxylation sites is 8. The molecule has 0 atom stereocenters. The number of rotatable bonds is 10. The summed E-state index contributed by atoms with van der Waals surface area (Å²) in [6, 6.07) is 124. The SMILES string of the molecule is c1ccc(-n2c3ccccc3c3cc(N(c4ccc5c(c4)C(c4ccccc4)(c4ccccc4)c4cc(N(c6ccc7c(c6)c6ccccc6n7-c6ccccc6)c6cccc7c6oc6ccccc67)c6ccccc6c4-5)c4cccc5c4oc4ccccc45)ccc32)cc1. The number of aromatic nitrogens is 2. The zero-order valence-corrected chi connectivity index (χ0v) is 51.4. The van der Waals surface area contributed by atoms with Crippen molar-refractivity contribution in [2.75, 3.05) is 9.80 Å². The molecule has 1 aliphatic rings. The topological polar surface area (TPSA) is 42.6 Å². The maximum atomic E-state index is 7.12. The van der Waals surface area contributed by atoms with Gasteiger partial charge in [0.2, 0.25) is 0 Å². The lowest BCUT2D eigenvalue weighted by Gasteiger charge is -2.36. The summed E-state index contributed by atoms with van der Waals surface area (Å²) in [5, 5.41) is 11.2. The molecule has 15 aromatic carbocycles. The van der Waals surface area contributed by atoms with Crippen molar-refractivity contribution in [2.24, 2.45) is 0 Å². The minimum Gasteiger partial charge on any atom is -0.454 e. The summed E-state index contributed by atoms with van der Waals surface area (Å²) in [5.74, 6) is 0. The standard InChI is InChI=1S/C89H56N4O2/c1-5-25-57(26-6-1)89(58-27-7-2-8-28-58)75-55-63(90(81-43-23-39-70-67-36-17-21-45-84(67)94-87(70)81)61-48-51-79-73(53-61)65-34-15-19-41-77(65)91(79)59-29-9-3-10-30-59)47-50-72(75)86-69-38-14-13-33-64(69)83(56-76(86)89)93(82-44-24-40-71-68-37-18-22-46-85(68)95-88(71)82)62-49-52-80-74(54-62)66-35-16-20-42-78(66)92(80)60-31-11-4-12-32-60/h1-56H. The van der Waals surface area contributed by atoms with E-state index in [0.717, 1.165) is 144 Å². The number of benzene rings is 15. The first-order chi connectivity index (χ1) is 47.2. The van der Waals surface area contributed by atoms with Crippen LogP contribution in [0.4, 0.5) is 34.1 Å². The fraction of sp³-hybridized carbons (Fsp3) is 0.0112. The van der Waals surface area contributed by atoms with Crippen LogP contribution in [0.2, 0.25) is 0 Å². The first kappa shape index (κ1) is 53.1. The van der Waals surface area contributed by atoms with Gasteiger partial charge in [-0.15, -0.1) is 0 Å². The van der Waals surface area contributed by atoms with Gasteiger partial charge in [0.15, 0.2) is 11.2 Å². The van der Waals surface area contributed by atoms with Crippen molar-refractivity contribution in [3.63, 3.8) is 0 Å². The summed E-state index contributed by atoms with van der Waals surface area (Å²) in [6.07, 6.45) is 0. The first-order valence-corrected chi connectivity index (χ1v) is 32.6. The number of hydrogen-bond acceptors (Lipinski definition) is 4. The van der Waals surface area contributed by atoms with Crippen LogP contribution < -0.4 is 9.80 Å². The van der Waals surface area contributed by atoms with E-state index in [4.69, 9.17) is 8.83 Å². The van der Waals surface area contributed by atoms with E-state index in [0.29, 0.717) is 0 Å². The van der Waals surface area contributed by atoms with E-state index in [1.807, 2.05) is 0 Å². The molecule has 20 rings (SSSR count). The van der Waals surface area contributed by atoms with Gasteiger partial charge < -0.3 is 27.8 Å². The van der Waals surface area contributed by atoms with Crippen molar-refractivity contribution >= 4 is 132 Å². The Bertz CT molecular complexity index is 6260. The fourth-order valence-corrected chi connectivity index (χ4v) is 16.2. The molecule has 0 radical (unpaired) electrons. The lowest BCUT2D eigenvalue weighted by Crippen LogP contribution is -2.29. The molecule has 0 bridgehead atoms. The summed E-state index contributed by atoms with van der Waals surface area (Å²) in [4.78, 5) is 4.92. The molecule has 95 heavy (non-hydrogen) atoms. The minimum absolute atomic E-state index is 0.817. The van der Waals surface area contributed by atoms with Crippen molar-refractivity contribution < 1.29 is 8.83 Å². The predicted molar refractivity (Wildman–Crippen MR) is 394 cm³/mol. The molecule has 0 unspecified atom stereocenters. The van der Waals surface area contributed by atoms with E-state index in [1.165, 1.54) is 33.0 Å². The van der Waals surface area contributed by atoms with Crippen LogP contribution in [0.15, 0.2) is 349 Å². The fourth-order valence-electron chi connectivity index (χ4n) is 16.2. The summed E-state index contributed by atoms with van der Waals surface area (Å²) in [7, 11) is 0. The maximum absolute atomic E-state index is 7.12. The van der Waals surface area contributed by atoms with Gasteiger partial charge in [0.05, 0.1) is 44.5 Å². The summed E-state index contributed by atoms with van der Waals surface area (Å²) >= 11 is 0. The van der Waals surface area contributed by atoms with Crippen LogP contribution in [0.3, 0.4) is 0 Å². The Morgan fingerprint density at radius 1 is 0.253 bits per heavy atom. The average Bonchev–Trinajstić information content (AvgIpc) is 1.53. The van der Waals surface area contributed by atoms with Gasteiger partial charge in [0.1, 0.15) is 11.2 Å². The highest BCUT2D eigenvalue weighted by Crippen LogP contribution is 2.61. The minimum atomic E-state index is -0.865. The van der Waals surface area contributed by atoms with Gasteiger partial charge in [-0.3, -0.25) is 0 Å². The van der Waals surface area contributed by atoms with Gasteiger partial charge in [0, 0.05) is 76.9 Å². The molecule has 6 heteroatoms. The third kappa shape index (κ3) is 7.74. The van der Waals surface area contributed by atoms with Crippen LogP contribution in [-0.2, 0) is 5.41 Å². The smallest absolute Gasteiger partial charge is 0.159 e. The van der Waals surface area contributed by atoms with Crippen molar-refractivity contribution in [1.29, 1.82) is 0 Å². The van der Waals surface area contributed by atoms with Crippen LogP contribution in [0, 0.1) is 0 Å². The Labute approximate surface area is 546 Å². The van der Waals surface area contributed by atoms with Crippen LogP contribution in [-0.4, -0.2) is 9.13 Å². The number of fused-ring (bicyclic) bond motifs is 17. The molecular weight excluding hydrogens is 1160 g/mol. The molecular formula is C89H56N4O2. The summed E-state index contributed by atoms with van der Waals surface area (Å²) in [5.41, 5.74) is 22.2. The molecule has 444 valence electrons. The van der Waals surface area contributed by atoms with Crippen molar-refractivity contribution in [1.82, 2.24) is 9.13 Å². The maximum Gasteiger partial charge on any atom is 0.159 e. The monoisotopic (exact) mass is 1210 g/mol. The molecule has 0 saturated carbocycles. The average molecular weight is 1210 g/mol. The first-order valence-electron chi connectivity index (χ1n) is 32.6. The van der Waals surface area contributed by atoms with Crippen LogP contribution in [0.25, 0.3) is 121 Å². The number of furan rings is 2. The lowest BCUT2D eigenvalue weighted by atomic mass is 9.67. The molecule has 6 nitrogen and oxygen atoms in total. The molecule has 0 N–H and O–H groups in total. The van der Waals surface area contributed by atoms with Gasteiger partial charge in [-0.25, -0.2) is 0 Å². The van der Waals surface area contributed by atoms with E-state index >= 15 is 0 Å². The quantitative estimate of drug-likeness (QED) is 0.137.